The molecule has 2 saturated heterocycles. The molecular weight excluding hydrogens is 258 g/mol. The Morgan fingerprint density at radius 1 is 1.56 bits per heavy atom. The van der Waals surface area contributed by atoms with E-state index in [9.17, 15) is 4.79 Å². The summed E-state index contributed by atoms with van der Waals surface area (Å²) in [5.74, 6) is 0. The van der Waals surface area contributed by atoms with Gasteiger partial charge in [0.2, 0.25) is 5.28 Å². The first kappa shape index (κ1) is 11.6. The van der Waals surface area contributed by atoms with Crippen molar-refractivity contribution in [2.45, 2.75) is 18.8 Å². The lowest BCUT2D eigenvalue weighted by Crippen LogP contribution is -2.36. The number of fused-ring (bicyclic) bond motifs is 1. The quantitative estimate of drug-likeness (QED) is 0.602. The molecule has 3 unspecified atom stereocenters. The van der Waals surface area contributed by atoms with Crippen molar-refractivity contribution in [3.8, 4) is 0 Å². The second-order valence-corrected chi connectivity index (χ2v) is 4.83. The summed E-state index contributed by atoms with van der Waals surface area (Å²) in [6.07, 6.45) is 2.44. The predicted octanol–water partition coefficient (Wildman–Crippen LogP) is 0.181. The molecule has 0 aliphatic carbocycles. The number of hydrogen-bond acceptors (Lipinski definition) is 5. The highest BCUT2D eigenvalue weighted by atomic mass is 35.5. The first-order valence-corrected chi connectivity index (χ1v) is 5.95. The fraction of sp³-hybridized carbons (Fsp3) is 0.500. The van der Waals surface area contributed by atoms with Crippen LogP contribution in [0.15, 0.2) is 12.4 Å². The molecule has 2 aliphatic heterocycles. The molecule has 3 heterocycles. The third kappa shape index (κ3) is 2.24. The van der Waals surface area contributed by atoms with Gasteiger partial charge in [-0.3, -0.25) is 9.80 Å². The number of amides is 1. The molecule has 1 aromatic rings. The third-order valence-electron chi connectivity index (χ3n) is 3.22. The Hall–Kier alpha value is -1.44. The summed E-state index contributed by atoms with van der Waals surface area (Å²) in [5, 5.41) is 11.4. The molecule has 3 rings (SSSR count). The minimum Gasteiger partial charge on any atom is -0.465 e. The summed E-state index contributed by atoms with van der Waals surface area (Å²) in [5.41, 5.74) is 1.00. The van der Waals surface area contributed by atoms with E-state index in [-0.39, 0.29) is 11.4 Å². The molecule has 0 saturated carbocycles. The second-order valence-electron chi connectivity index (χ2n) is 4.49. The van der Waals surface area contributed by atoms with Crippen molar-refractivity contribution in [1.29, 1.82) is 0 Å². The average molecular weight is 270 g/mol. The van der Waals surface area contributed by atoms with Gasteiger partial charge >= 0.3 is 6.09 Å². The van der Waals surface area contributed by atoms with Gasteiger partial charge in [-0.25, -0.2) is 14.8 Å². The summed E-state index contributed by atoms with van der Waals surface area (Å²) in [7, 11) is 0. The second kappa shape index (κ2) is 4.34. The highest BCUT2D eigenvalue weighted by Gasteiger charge is 2.54. The molecule has 1 aromatic heterocycles. The lowest BCUT2D eigenvalue weighted by atomic mass is 10.3. The summed E-state index contributed by atoms with van der Waals surface area (Å²) in [4.78, 5) is 22.7. The fourth-order valence-electron chi connectivity index (χ4n) is 2.38. The molecule has 0 aromatic carbocycles. The number of halogens is 1. The van der Waals surface area contributed by atoms with E-state index >= 15 is 0 Å². The first-order chi connectivity index (χ1) is 8.63. The van der Waals surface area contributed by atoms with Gasteiger partial charge in [0, 0.05) is 31.0 Å². The van der Waals surface area contributed by atoms with E-state index < -0.39 is 6.09 Å². The number of carbonyl (C=O) groups is 1. The Labute approximate surface area is 108 Å². The molecule has 1 amide bonds. The molecule has 0 spiro atoms. The Kier molecular flexibility index (Phi) is 2.81. The zero-order valence-corrected chi connectivity index (χ0v) is 10.2. The van der Waals surface area contributed by atoms with E-state index in [1.165, 1.54) is 0 Å². The third-order valence-corrected chi connectivity index (χ3v) is 3.41. The highest BCUT2D eigenvalue weighted by molar-refractivity contribution is 6.28. The molecule has 0 radical (unpaired) electrons. The van der Waals surface area contributed by atoms with E-state index in [0.29, 0.717) is 6.04 Å². The van der Waals surface area contributed by atoms with E-state index in [1.807, 2.05) is 0 Å². The van der Waals surface area contributed by atoms with Crippen molar-refractivity contribution in [3.63, 3.8) is 0 Å². The molecular formula is C10H12ClN5O2. The number of carboxylic acid groups (broad SMARTS) is 1. The van der Waals surface area contributed by atoms with Crippen molar-refractivity contribution in [2.75, 3.05) is 13.2 Å². The topological polar surface area (TPSA) is 81.4 Å². The van der Waals surface area contributed by atoms with Gasteiger partial charge in [-0.15, -0.1) is 0 Å². The number of nitrogens with zero attached hydrogens (tertiary/aromatic N) is 4. The summed E-state index contributed by atoms with van der Waals surface area (Å²) in [6.45, 7) is 2.37. The molecule has 2 fully saturated rings. The standard InChI is InChI=1S/C10H12ClN5O2/c11-9-12-1-6(2-13-9)3-15-4-7-8(14-10(17)18)16(7)5-15/h1-2,7-8,14H,3-5H2,(H,17,18). The van der Waals surface area contributed by atoms with Crippen LogP contribution in [-0.4, -0.2) is 56.4 Å². The SMILES string of the molecule is O=C(O)NC1C2CN(Cc3cnc(Cl)nc3)CN21. The lowest BCUT2D eigenvalue weighted by molar-refractivity contribution is 0.185. The van der Waals surface area contributed by atoms with Gasteiger partial charge in [0.15, 0.2) is 0 Å². The van der Waals surface area contributed by atoms with Crippen LogP contribution in [0.2, 0.25) is 5.28 Å². The Balaban J connectivity index is 1.51. The van der Waals surface area contributed by atoms with Crippen LogP contribution in [-0.2, 0) is 6.54 Å². The molecule has 2 N–H and O–H groups in total. The van der Waals surface area contributed by atoms with Crippen LogP contribution in [0.3, 0.4) is 0 Å². The van der Waals surface area contributed by atoms with E-state index in [1.54, 1.807) is 12.4 Å². The molecule has 3 atom stereocenters. The van der Waals surface area contributed by atoms with Gasteiger partial charge in [0.1, 0.15) is 6.17 Å². The number of hydrogen-bond donors (Lipinski definition) is 2. The molecule has 18 heavy (non-hydrogen) atoms. The van der Waals surface area contributed by atoms with Crippen molar-refractivity contribution < 1.29 is 9.90 Å². The largest absolute Gasteiger partial charge is 0.465 e. The molecule has 96 valence electrons. The maximum Gasteiger partial charge on any atom is 0.405 e. The van der Waals surface area contributed by atoms with Gasteiger partial charge in [-0.2, -0.15) is 0 Å². The minimum absolute atomic E-state index is 0.0137. The van der Waals surface area contributed by atoms with E-state index in [0.717, 1.165) is 25.3 Å². The van der Waals surface area contributed by atoms with Crippen molar-refractivity contribution in [1.82, 2.24) is 25.1 Å². The number of rotatable bonds is 3. The molecule has 8 heteroatoms. The Morgan fingerprint density at radius 2 is 2.28 bits per heavy atom. The zero-order chi connectivity index (χ0) is 12.7. The predicted molar refractivity (Wildman–Crippen MR) is 62.9 cm³/mol. The van der Waals surface area contributed by atoms with Crippen molar-refractivity contribution >= 4 is 17.7 Å². The summed E-state index contributed by atoms with van der Waals surface area (Å²) in [6, 6.07) is 0.300. The van der Waals surface area contributed by atoms with Crippen LogP contribution < -0.4 is 5.32 Å². The van der Waals surface area contributed by atoms with Crippen LogP contribution in [0.4, 0.5) is 4.79 Å². The van der Waals surface area contributed by atoms with Crippen LogP contribution in [0.25, 0.3) is 0 Å². The lowest BCUT2D eigenvalue weighted by Gasteiger charge is -2.18. The average Bonchev–Trinajstić information content (AvgIpc) is 2.78. The van der Waals surface area contributed by atoms with Crippen LogP contribution in [0.1, 0.15) is 5.56 Å². The first-order valence-electron chi connectivity index (χ1n) is 5.57. The molecule has 0 bridgehead atoms. The normalized spacial score (nSPS) is 29.9. The number of aromatic nitrogens is 2. The maximum absolute atomic E-state index is 10.5. The maximum atomic E-state index is 10.5. The van der Waals surface area contributed by atoms with Crippen LogP contribution in [0.5, 0.6) is 0 Å². The summed E-state index contributed by atoms with van der Waals surface area (Å²) < 4.78 is 0. The number of nitrogens with one attached hydrogen (secondary N) is 1. The van der Waals surface area contributed by atoms with Gasteiger partial charge in [-0.05, 0) is 11.6 Å². The van der Waals surface area contributed by atoms with Gasteiger partial charge in [0.25, 0.3) is 0 Å². The van der Waals surface area contributed by atoms with Gasteiger partial charge in [0.05, 0.1) is 12.7 Å². The smallest absolute Gasteiger partial charge is 0.405 e. The minimum atomic E-state index is -0.966. The Morgan fingerprint density at radius 3 is 2.83 bits per heavy atom. The van der Waals surface area contributed by atoms with E-state index in [4.69, 9.17) is 16.7 Å². The molecule has 2 aliphatic rings. The van der Waals surface area contributed by atoms with Crippen molar-refractivity contribution in [2.24, 2.45) is 0 Å². The Bertz CT molecular complexity index is 456. The van der Waals surface area contributed by atoms with Crippen LogP contribution >= 0.6 is 11.6 Å². The van der Waals surface area contributed by atoms with Crippen LogP contribution in [0, 0.1) is 0 Å². The van der Waals surface area contributed by atoms with Gasteiger partial charge < -0.3 is 10.4 Å². The monoisotopic (exact) mass is 269 g/mol. The van der Waals surface area contributed by atoms with Crippen molar-refractivity contribution in [3.05, 3.63) is 23.2 Å². The molecule has 7 nitrogen and oxygen atoms in total. The fourth-order valence-corrected chi connectivity index (χ4v) is 2.48. The van der Waals surface area contributed by atoms with E-state index in [2.05, 4.69) is 25.1 Å². The highest BCUT2D eigenvalue weighted by Crippen LogP contribution is 2.33. The summed E-state index contributed by atoms with van der Waals surface area (Å²) >= 11 is 5.62. The van der Waals surface area contributed by atoms with Gasteiger partial charge in [-0.1, -0.05) is 0 Å². The zero-order valence-electron chi connectivity index (χ0n) is 9.45.